The third-order valence-corrected chi connectivity index (χ3v) is 7.21. The number of nitrogens with zero attached hydrogens (tertiary/aromatic N) is 1. The summed E-state index contributed by atoms with van der Waals surface area (Å²) in [6, 6.07) is 1.62. The van der Waals surface area contributed by atoms with Crippen LogP contribution in [0.15, 0.2) is 0 Å². The number of hydrogen-bond donors (Lipinski definition) is 1. The molecule has 3 aliphatic carbocycles. The predicted octanol–water partition coefficient (Wildman–Crippen LogP) is 3.28. The van der Waals surface area contributed by atoms with Gasteiger partial charge in [-0.2, -0.15) is 0 Å². The van der Waals surface area contributed by atoms with Gasteiger partial charge in [-0.25, -0.2) is 0 Å². The molecule has 1 aliphatic heterocycles. The van der Waals surface area contributed by atoms with Crippen molar-refractivity contribution in [2.75, 3.05) is 19.6 Å². The summed E-state index contributed by atoms with van der Waals surface area (Å²) in [5, 5.41) is 3.84. The zero-order chi connectivity index (χ0) is 14.0. The van der Waals surface area contributed by atoms with E-state index in [-0.39, 0.29) is 0 Å². The predicted molar refractivity (Wildman–Crippen MR) is 83.7 cm³/mol. The molecule has 0 radical (unpaired) electrons. The van der Waals surface area contributed by atoms with E-state index in [4.69, 9.17) is 0 Å². The highest BCUT2D eigenvalue weighted by Crippen LogP contribution is 2.64. The van der Waals surface area contributed by atoms with Crippen LogP contribution in [0.4, 0.5) is 0 Å². The molecule has 4 atom stereocenters. The Kier molecular flexibility index (Phi) is 3.03. The van der Waals surface area contributed by atoms with Crippen molar-refractivity contribution >= 4 is 0 Å². The van der Waals surface area contributed by atoms with Crippen LogP contribution < -0.4 is 5.32 Å². The van der Waals surface area contributed by atoms with Crippen molar-refractivity contribution < 1.29 is 0 Å². The second-order valence-electron chi connectivity index (χ2n) is 9.06. The zero-order valence-electron chi connectivity index (χ0n) is 13.6. The summed E-state index contributed by atoms with van der Waals surface area (Å²) < 4.78 is 0. The SMILES string of the molecule is CC12CCC(C1)C(C)(C)C2N1CCCNC(C2CC2)C1. The molecule has 4 fully saturated rings. The van der Waals surface area contributed by atoms with E-state index >= 15 is 0 Å². The first-order chi connectivity index (χ1) is 9.51. The summed E-state index contributed by atoms with van der Waals surface area (Å²) >= 11 is 0. The summed E-state index contributed by atoms with van der Waals surface area (Å²) in [7, 11) is 0. The average Bonchev–Trinajstić information content (AvgIpc) is 3.13. The van der Waals surface area contributed by atoms with E-state index in [2.05, 4.69) is 31.0 Å². The van der Waals surface area contributed by atoms with Crippen molar-refractivity contribution in [3.8, 4) is 0 Å². The maximum atomic E-state index is 3.84. The Morgan fingerprint density at radius 3 is 2.55 bits per heavy atom. The van der Waals surface area contributed by atoms with Gasteiger partial charge in [0.15, 0.2) is 0 Å². The molecule has 20 heavy (non-hydrogen) atoms. The molecule has 0 amide bonds. The highest BCUT2D eigenvalue weighted by Gasteiger charge is 2.61. The number of hydrogen-bond acceptors (Lipinski definition) is 2. The lowest BCUT2D eigenvalue weighted by Crippen LogP contribution is -2.55. The van der Waals surface area contributed by atoms with Gasteiger partial charge in [-0.05, 0) is 74.3 Å². The summed E-state index contributed by atoms with van der Waals surface area (Å²) in [5.41, 5.74) is 1.14. The summed E-state index contributed by atoms with van der Waals surface area (Å²) in [5.74, 6) is 1.97. The number of fused-ring (bicyclic) bond motifs is 2. The molecule has 0 aromatic carbocycles. The van der Waals surface area contributed by atoms with Gasteiger partial charge in [0.05, 0.1) is 0 Å². The van der Waals surface area contributed by atoms with Crippen LogP contribution in [0.5, 0.6) is 0 Å². The van der Waals surface area contributed by atoms with Gasteiger partial charge >= 0.3 is 0 Å². The Balaban J connectivity index is 1.58. The van der Waals surface area contributed by atoms with Crippen LogP contribution in [0.2, 0.25) is 0 Å². The Morgan fingerprint density at radius 1 is 1.10 bits per heavy atom. The molecule has 0 spiro atoms. The Hall–Kier alpha value is -0.0800. The molecule has 2 nitrogen and oxygen atoms in total. The number of nitrogens with one attached hydrogen (secondary N) is 1. The Bertz CT molecular complexity index is 382. The minimum atomic E-state index is 0.533. The first kappa shape index (κ1) is 13.6. The van der Waals surface area contributed by atoms with Gasteiger partial charge in [-0.3, -0.25) is 4.90 Å². The van der Waals surface area contributed by atoms with Crippen molar-refractivity contribution in [3.63, 3.8) is 0 Å². The minimum Gasteiger partial charge on any atom is -0.312 e. The number of rotatable bonds is 2. The monoisotopic (exact) mass is 276 g/mol. The molecule has 2 bridgehead atoms. The molecule has 0 aromatic heterocycles. The van der Waals surface area contributed by atoms with Crippen molar-refractivity contribution in [1.82, 2.24) is 10.2 Å². The topological polar surface area (TPSA) is 15.3 Å². The van der Waals surface area contributed by atoms with Crippen LogP contribution in [0, 0.1) is 22.7 Å². The fourth-order valence-electron chi connectivity index (χ4n) is 6.21. The lowest BCUT2D eigenvalue weighted by molar-refractivity contribution is 0.00191. The molecule has 4 aliphatic rings. The Labute approximate surface area is 124 Å². The van der Waals surface area contributed by atoms with E-state index in [1.165, 1.54) is 58.2 Å². The van der Waals surface area contributed by atoms with Crippen molar-refractivity contribution in [1.29, 1.82) is 0 Å². The van der Waals surface area contributed by atoms with Crippen molar-refractivity contribution in [3.05, 3.63) is 0 Å². The molecule has 0 aromatic rings. The van der Waals surface area contributed by atoms with Crippen molar-refractivity contribution in [2.24, 2.45) is 22.7 Å². The third kappa shape index (κ3) is 1.98. The van der Waals surface area contributed by atoms with Crippen molar-refractivity contribution in [2.45, 2.75) is 71.4 Å². The van der Waals surface area contributed by atoms with Crippen LogP contribution in [0.3, 0.4) is 0 Å². The zero-order valence-corrected chi connectivity index (χ0v) is 13.6. The standard InChI is InChI=1S/C18H32N2/c1-17(2)14-7-8-18(3,11-14)16(17)20-10-4-9-19-15(12-20)13-5-6-13/h13-16,19H,4-12H2,1-3H3. The molecule has 3 saturated carbocycles. The fraction of sp³-hybridized carbons (Fsp3) is 1.00. The molecular formula is C18H32N2. The molecule has 4 unspecified atom stereocenters. The van der Waals surface area contributed by atoms with Gasteiger partial charge in [0.1, 0.15) is 0 Å². The molecule has 1 N–H and O–H groups in total. The molecule has 1 saturated heterocycles. The van der Waals surface area contributed by atoms with Gasteiger partial charge < -0.3 is 5.32 Å². The van der Waals surface area contributed by atoms with E-state index in [1.54, 1.807) is 0 Å². The molecule has 1 heterocycles. The van der Waals surface area contributed by atoms with Crippen LogP contribution in [-0.4, -0.2) is 36.6 Å². The van der Waals surface area contributed by atoms with Crippen LogP contribution in [-0.2, 0) is 0 Å². The maximum Gasteiger partial charge on any atom is 0.0223 e. The minimum absolute atomic E-state index is 0.533. The largest absolute Gasteiger partial charge is 0.312 e. The van der Waals surface area contributed by atoms with E-state index in [0.29, 0.717) is 10.8 Å². The molecule has 4 rings (SSSR count). The first-order valence-electron chi connectivity index (χ1n) is 8.98. The highest BCUT2D eigenvalue weighted by atomic mass is 15.2. The van der Waals surface area contributed by atoms with E-state index in [0.717, 1.165) is 23.9 Å². The maximum absolute atomic E-state index is 3.84. The highest BCUT2D eigenvalue weighted by molar-refractivity contribution is 5.13. The summed E-state index contributed by atoms with van der Waals surface area (Å²) in [6.07, 6.45) is 8.74. The van der Waals surface area contributed by atoms with Gasteiger partial charge in [0.2, 0.25) is 0 Å². The van der Waals surface area contributed by atoms with Gasteiger partial charge in [0.25, 0.3) is 0 Å². The molecule has 114 valence electrons. The quantitative estimate of drug-likeness (QED) is 0.832. The lowest BCUT2D eigenvalue weighted by atomic mass is 9.67. The van der Waals surface area contributed by atoms with Gasteiger partial charge in [-0.1, -0.05) is 20.8 Å². The van der Waals surface area contributed by atoms with E-state index in [1.807, 2.05) is 0 Å². The average molecular weight is 276 g/mol. The second kappa shape index (κ2) is 4.46. The fourth-order valence-corrected chi connectivity index (χ4v) is 6.21. The Morgan fingerprint density at radius 2 is 1.90 bits per heavy atom. The van der Waals surface area contributed by atoms with Crippen LogP contribution in [0.25, 0.3) is 0 Å². The third-order valence-electron chi connectivity index (χ3n) is 7.21. The van der Waals surface area contributed by atoms with Crippen LogP contribution in [0.1, 0.15) is 59.3 Å². The lowest BCUT2D eigenvalue weighted by Gasteiger charge is -2.49. The van der Waals surface area contributed by atoms with Gasteiger partial charge in [-0.15, -0.1) is 0 Å². The summed E-state index contributed by atoms with van der Waals surface area (Å²) in [6.45, 7) is 11.6. The first-order valence-corrected chi connectivity index (χ1v) is 8.98. The molecule has 2 heteroatoms. The van der Waals surface area contributed by atoms with Crippen LogP contribution >= 0.6 is 0 Å². The molecular weight excluding hydrogens is 244 g/mol. The van der Waals surface area contributed by atoms with E-state index < -0.39 is 0 Å². The van der Waals surface area contributed by atoms with Gasteiger partial charge in [0, 0.05) is 18.6 Å². The normalized spacial score (nSPS) is 48.5. The van der Waals surface area contributed by atoms with E-state index in [9.17, 15) is 0 Å². The summed E-state index contributed by atoms with van der Waals surface area (Å²) in [4.78, 5) is 2.92. The smallest absolute Gasteiger partial charge is 0.0223 e. The second-order valence-corrected chi connectivity index (χ2v) is 9.06.